The summed E-state index contributed by atoms with van der Waals surface area (Å²) in [5, 5.41) is 0.820. The van der Waals surface area contributed by atoms with Gasteiger partial charge in [0.05, 0.1) is 17.0 Å². The van der Waals surface area contributed by atoms with Gasteiger partial charge in [0.15, 0.2) is 23.3 Å². The van der Waals surface area contributed by atoms with E-state index in [-0.39, 0.29) is 18.9 Å². The first-order chi connectivity index (χ1) is 15.7. The van der Waals surface area contributed by atoms with Crippen LogP contribution in [0.1, 0.15) is 5.56 Å². The van der Waals surface area contributed by atoms with Crippen LogP contribution in [0.15, 0.2) is 35.6 Å². The van der Waals surface area contributed by atoms with Crippen molar-refractivity contribution < 1.29 is 23.0 Å². The van der Waals surface area contributed by atoms with Crippen molar-refractivity contribution in [3.05, 3.63) is 52.8 Å². The molecule has 0 aliphatic carbocycles. The summed E-state index contributed by atoms with van der Waals surface area (Å²) >= 11 is 6.43. The largest absolute Gasteiger partial charge is 0.479 e. The van der Waals surface area contributed by atoms with Crippen LogP contribution < -0.4 is 4.74 Å². The molecule has 1 aliphatic heterocycles. The fourth-order valence-electron chi connectivity index (χ4n) is 3.45. The lowest BCUT2D eigenvalue weighted by Gasteiger charge is -2.15. The molecule has 0 spiro atoms. The first kappa shape index (κ1) is 23.7. The van der Waals surface area contributed by atoms with Gasteiger partial charge in [0, 0.05) is 33.5 Å². The van der Waals surface area contributed by atoms with Crippen LogP contribution in [-0.4, -0.2) is 43.3 Å². The highest BCUT2D eigenvalue weighted by Crippen LogP contribution is 2.37. The van der Waals surface area contributed by atoms with E-state index in [1.807, 2.05) is 0 Å². The standard InChI is InChI=1S/C23H26ClF2N3O3Si/c1-33(2,3)9-8-30-14-29-13-16(24)21-19(4-5-28-23(21)29)32-22-17(25)10-15(11-18(22)26)12-20-27-6-7-31-20/h4-5,10-11,13H,6-9,12,14H2,1-3H3. The molecule has 10 heteroatoms. The van der Waals surface area contributed by atoms with E-state index >= 15 is 0 Å². The number of hydrogen-bond acceptors (Lipinski definition) is 5. The third kappa shape index (κ3) is 5.71. The summed E-state index contributed by atoms with van der Waals surface area (Å²) in [6, 6.07) is 5.01. The number of pyridine rings is 1. The minimum Gasteiger partial charge on any atom is -0.479 e. The number of fused-ring (bicyclic) bond motifs is 1. The Kier molecular flexibility index (Phi) is 7.01. The van der Waals surface area contributed by atoms with Crippen molar-refractivity contribution in [1.82, 2.24) is 9.55 Å². The van der Waals surface area contributed by atoms with Crippen molar-refractivity contribution in [2.24, 2.45) is 4.99 Å². The minimum absolute atomic E-state index is 0.208. The molecule has 0 radical (unpaired) electrons. The van der Waals surface area contributed by atoms with Gasteiger partial charge in [0.1, 0.15) is 24.7 Å². The van der Waals surface area contributed by atoms with Gasteiger partial charge in [0.25, 0.3) is 0 Å². The Labute approximate surface area is 197 Å². The molecule has 2 aromatic heterocycles. The highest BCUT2D eigenvalue weighted by Gasteiger charge is 2.20. The Morgan fingerprint density at radius 2 is 1.97 bits per heavy atom. The van der Waals surface area contributed by atoms with Gasteiger partial charge < -0.3 is 18.8 Å². The molecule has 1 aromatic carbocycles. The predicted molar refractivity (Wildman–Crippen MR) is 127 cm³/mol. The summed E-state index contributed by atoms with van der Waals surface area (Å²) < 4.78 is 48.1. The summed E-state index contributed by atoms with van der Waals surface area (Å²) in [4.78, 5) is 8.51. The number of halogens is 3. The topological polar surface area (TPSA) is 57.9 Å². The molecule has 33 heavy (non-hydrogen) atoms. The smallest absolute Gasteiger partial charge is 0.198 e. The third-order valence-electron chi connectivity index (χ3n) is 5.17. The minimum atomic E-state index is -1.20. The van der Waals surface area contributed by atoms with Crippen molar-refractivity contribution in [3.8, 4) is 11.5 Å². The van der Waals surface area contributed by atoms with Crippen molar-refractivity contribution in [2.75, 3.05) is 19.8 Å². The van der Waals surface area contributed by atoms with E-state index in [0.717, 1.165) is 6.04 Å². The third-order valence-corrected chi connectivity index (χ3v) is 7.16. The molecule has 0 amide bonds. The van der Waals surface area contributed by atoms with Gasteiger partial charge in [-0.2, -0.15) is 0 Å². The average Bonchev–Trinajstić information content (AvgIpc) is 3.36. The number of rotatable bonds is 9. The highest BCUT2D eigenvalue weighted by atomic mass is 35.5. The fourth-order valence-corrected chi connectivity index (χ4v) is 4.50. The fraction of sp³-hybridized carbons (Fsp3) is 0.391. The molecule has 0 saturated heterocycles. The molecule has 3 aromatic rings. The van der Waals surface area contributed by atoms with Gasteiger partial charge in [-0.05, 0) is 29.8 Å². The van der Waals surface area contributed by atoms with Crippen molar-refractivity contribution in [3.63, 3.8) is 0 Å². The van der Waals surface area contributed by atoms with E-state index in [9.17, 15) is 8.78 Å². The highest BCUT2D eigenvalue weighted by molar-refractivity contribution is 6.76. The van der Waals surface area contributed by atoms with Gasteiger partial charge in [-0.15, -0.1) is 0 Å². The monoisotopic (exact) mass is 493 g/mol. The summed E-state index contributed by atoms with van der Waals surface area (Å²) in [6.07, 6.45) is 3.41. The predicted octanol–water partition coefficient (Wildman–Crippen LogP) is 6.04. The normalized spacial score (nSPS) is 13.9. The van der Waals surface area contributed by atoms with Crippen molar-refractivity contribution in [2.45, 2.75) is 38.8 Å². The van der Waals surface area contributed by atoms with Crippen molar-refractivity contribution >= 4 is 36.6 Å². The molecule has 0 unspecified atom stereocenters. The van der Waals surface area contributed by atoms with Gasteiger partial charge in [0.2, 0.25) is 0 Å². The maximum atomic E-state index is 14.8. The summed E-state index contributed by atoms with van der Waals surface area (Å²) in [5.74, 6) is -1.47. The lowest BCUT2D eigenvalue weighted by molar-refractivity contribution is 0.0899. The van der Waals surface area contributed by atoms with E-state index in [1.54, 1.807) is 10.8 Å². The number of benzene rings is 1. The maximum Gasteiger partial charge on any atom is 0.198 e. The molecule has 0 atom stereocenters. The second-order valence-corrected chi connectivity index (χ2v) is 15.1. The molecule has 1 aliphatic rings. The van der Waals surface area contributed by atoms with E-state index in [4.69, 9.17) is 25.8 Å². The van der Waals surface area contributed by atoms with Crippen LogP contribution in [0.4, 0.5) is 8.78 Å². The number of nitrogens with zero attached hydrogens (tertiary/aromatic N) is 3. The quantitative estimate of drug-likeness (QED) is 0.269. The Morgan fingerprint density at radius 3 is 2.64 bits per heavy atom. The Morgan fingerprint density at radius 1 is 1.21 bits per heavy atom. The first-order valence-electron chi connectivity index (χ1n) is 10.7. The Bertz CT molecular complexity index is 1170. The van der Waals surface area contributed by atoms with Crippen LogP contribution in [0.5, 0.6) is 11.5 Å². The zero-order valence-corrected chi connectivity index (χ0v) is 20.6. The van der Waals surface area contributed by atoms with Gasteiger partial charge >= 0.3 is 0 Å². The van der Waals surface area contributed by atoms with Gasteiger partial charge in [-0.25, -0.2) is 13.8 Å². The second kappa shape index (κ2) is 9.78. The molecule has 0 saturated carbocycles. The molecule has 0 bridgehead atoms. The van der Waals surface area contributed by atoms with Crippen molar-refractivity contribution in [1.29, 1.82) is 0 Å². The van der Waals surface area contributed by atoms with Crippen LogP contribution in [0, 0.1) is 11.6 Å². The summed E-state index contributed by atoms with van der Waals surface area (Å²) in [7, 11) is -1.20. The lowest BCUT2D eigenvalue weighted by atomic mass is 10.1. The zero-order chi connectivity index (χ0) is 23.6. The van der Waals surface area contributed by atoms with Gasteiger partial charge in [-0.3, -0.25) is 4.99 Å². The number of aliphatic imine (C=N–C) groups is 1. The number of hydrogen-bond donors (Lipinski definition) is 0. The molecular formula is C23H26ClF2N3O3Si. The lowest BCUT2D eigenvalue weighted by Crippen LogP contribution is -2.22. The Hall–Kier alpha value is -2.49. The molecule has 0 N–H and O–H groups in total. The molecular weight excluding hydrogens is 468 g/mol. The van der Waals surface area contributed by atoms with E-state index < -0.39 is 25.5 Å². The van der Waals surface area contributed by atoms with Crippen LogP contribution in [-0.2, 0) is 22.6 Å². The second-order valence-electron chi connectivity index (χ2n) is 9.09. The zero-order valence-electron chi connectivity index (χ0n) is 18.8. The van der Waals surface area contributed by atoms with E-state index in [1.165, 1.54) is 24.4 Å². The molecule has 176 valence electrons. The Balaban J connectivity index is 1.55. The SMILES string of the molecule is C[Si](C)(C)CCOCn1cc(Cl)c2c(Oc3c(F)cc(CC4=NCCO4)cc3F)ccnc21. The number of ether oxygens (including phenoxy) is 3. The molecule has 0 fully saturated rings. The maximum absolute atomic E-state index is 14.8. The van der Waals surface area contributed by atoms with Crippen LogP contribution >= 0.6 is 11.6 Å². The van der Waals surface area contributed by atoms with E-state index in [2.05, 4.69) is 29.6 Å². The molecule has 3 heterocycles. The number of aromatic nitrogens is 2. The van der Waals surface area contributed by atoms with Crippen LogP contribution in [0.3, 0.4) is 0 Å². The average molecular weight is 494 g/mol. The summed E-state index contributed by atoms with van der Waals surface area (Å²) in [5.41, 5.74) is 0.928. The first-order valence-corrected chi connectivity index (χ1v) is 14.8. The van der Waals surface area contributed by atoms with Crippen LogP contribution in [0.25, 0.3) is 11.0 Å². The molecule has 4 rings (SSSR count). The van der Waals surface area contributed by atoms with Crippen LogP contribution in [0.2, 0.25) is 30.7 Å². The van der Waals surface area contributed by atoms with E-state index in [0.29, 0.717) is 47.3 Å². The molecule has 6 nitrogen and oxygen atoms in total. The van der Waals surface area contributed by atoms with Gasteiger partial charge in [-0.1, -0.05) is 31.2 Å². The summed E-state index contributed by atoms with van der Waals surface area (Å²) in [6.45, 7) is 8.81.